The van der Waals surface area contributed by atoms with Gasteiger partial charge in [-0.25, -0.2) is 15.0 Å². The lowest BCUT2D eigenvalue weighted by Gasteiger charge is -2.13. The van der Waals surface area contributed by atoms with Gasteiger partial charge in [0.2, 0.25) is 5.95 Å². The molecule has 0 atom stereocenters. The van der Waals surface area contributed by atoms with Crippen molar-refractivity contribution in [2.75, 3.05) is 0 Å². The number of fused-ring (bicyclic) bond motifs is 7. The van der Waals surface area contributed by atoms with Crippen LogP contribution < -0.4 is 0 Å². The number of benzene rings is 6. The molecule has 0 N–H and O–H groups in total. The molecule has 7 nitrogen and oxygen atoms in total. The summed E-state index contributed by atoms with van der Waals surface area (Å²) >= 11 is 0. The van der Waals surface area contributed by atoms with Crippen LogP contribution >= 0.6 is 0 Å². The van der Waals surface area contributed by atoms with Crippen LogP contribution in [-0.2, 0) is 0 Å². The molecule has 7 heteroatoms. The van der Waals surface area contributed by atoms with Gasteiger partial charge >= 0.3 is 0 Å². The van der Waals surface area contributed by atoms with Gasteiger partial charge in [-0.05, 0) is 58.7 Å². The first-order chi connectivity index (χ1) is 27.8. The molecule has 0 saturated heterocycles. The highest BCUT2D eigenvalue weighted by atomic mass is 15.2. The third kappa shape index (κ3) is 5.17. The molecule has 0 radical (unpaired) electrons. The number of rotatable bonds is 6. The predicted octanol–water partition coefficient (Wildman–Crippen LogP) is 11.5. The lowest BCUT2D eigenvalue weighted by atomic mass is 10.0. The number of para-hydroxylation sites is 2. The molecule has 0 aliphatic heterocycles. The molecular formula is C49H31N7. The number of hydrogen-bond donors (Lipinski definition) is 0. The largest absolute Gasteiger partial charge is 0.278 e. The van der Waals surface area contributed by atoms with Gasteiger partial charge in [0.1, 0.15) is 11.5 Å². The van der Waals surface area contributed by atoms with Crippen LogP contribution in [0.25, 0.3) is 101 Å². The first-order valence-corrected chi connectivity index (χ1v) is 18.6. The number of nitrogens with zero attached hydrogens (tertiary/aromatic N) is 7. The normalized spacial score (nSPS) is 11.6. The van der Waals surface area contributed by atoms with E-state index < -0.39 is 0 Å². The molecule has 0 saturated carbocycles. The Bertz CT molecular complexity index is 3140. The first kappa shape index (κ1) is 31.7. The minimum absolute atomic E-state index is 0.522. The summed E-state index contributed by atoms with van der Waals surface area (Å²) in [6.45, 7) is 0. The van der Waals surface area contributed by atoms with E-state index >= 15 is 0 Å². The van der Waals surface area contributed by atoms with Crippen LogP contribution in [0.4, 0.5) is 0 Å². The van der Waals surface area contributed by atoms with Gasteiger partial charge in [0.15, 0.2) is 11.6 Å². The molecule has 0 aliphatic carbocycles. The van der Waals surface area contributed by atoms with Gasteiger partial charge in [0.25, 0.3) is 0 Å². The van der Waals surface area contributed by atoms with Crippen molar-refractivity contribution in [2.24, 2.45) is 0 Å². The molecule has 0 bridgehead atoms. The van der Waals surface area contributed by atoms with Crippen molar-refractivity contribution in [3.05, 3.63) is 188 Å². The van der Waals surface area contributed by atoms with E-state index in [1.54, 1.807) is 0 Å². The average molecular weight is 718 g/mol. The fourth-order valence-electron chi connectivity index (χ4n) is 7.94. The molecular weight excluding hydrogens is 687 g/mol. The van der Waals surface area contributed by atoms with Crippen LogP contribution in [0.5, 0.6) is 0 Å². The van der Waals surface area contributed by atoms with E-state index in [2.05, 4.69) is 155 Å². The Labute approximate surface area is 321 Å². The maximum absolute atomic E-state index is 5.34. The summed E-state index contributed by atoms with van der Waals surface area (Å²) < 4.78 is 4.33. The summed E-state index contributed by atoms with van der Waals surface area (Å²) in [4.78, 5) is 25.8. The van der Waals surface area contributed by atoms with E-state index in [1.165, 1.54) is 0 Å². The SMILES string of the molecule is c1ccc(-c2cccc(-c3nc(-c4cccc(-c5ccccc5)c4)nc(-n4c5ccccc5c5cnc6c(c7ccccc7n6-c6ccccn6)c54)n3)c2)cc1. The Morgan fingerprint density at radius 1 is 0.375 bits per heavy atom. The highest BCUT2D eigenvalue weighted by Gasteiger charge is 2.24. The fourth-order valence-corrected chi connectivity index (χ4v) is 7.94. The molecule has 0 fully saturated rings. The molecule has 5 heterocycles. The van der Waals surface area contributed by atoms with Crippen molar-refractivity contribution in [3.63, 3.8) is 0 Å². The van der Waals surface area contributed by atoms with Crippen LogP contribution in [0, 0.1) is 0 Å². The van der Waals surface area contributed by atoms with Crippen molar-refractivity contribution < 1.29 is 0 Å². The monoisotopic (exact) mass is 717 g/mol. The van der Waals surface area contributed by atoms with Crippen molar-refractivity contribution in [3.8, 4) is 56.8 Å². The average Bonchev–Trinajstić information content (AvgIpc) is 3.80. The summed E-state index contributed by atoms with van der Waals surface area (Å²) in [5, 5.41) is 4.14. The van der Waals surface area contributed by atoms with E-state index in [-0.39, 0.29) is 0 Å². The Kier molecular flexibility index (Phi) is 7.35. The lowest BCUT2D eigenvalue weighted by Crippen LogP contribution is -2.07. The second kappa shape index (κ2) is 13.0. The maximum atomic E-state index is 5.34. The van der Waals surface area contributed by atoms with Gasteiger partial charge in [0, 0.05) is 39.7 Å². The van der Waals surface area contributed by atoms with Gasteiger partial charge in [-0.1, -0.05) is 140 Å². The molecule has 56 heavy (non-hydrogen) atoms. The van der Waals surface area contributed by atoms with E-state index in [0.29, 0.717) is 17.6 Å². The molecule has 11 aromatic rings. The highest BCUT2D eigenvalue weighted by molar-refractivity contribution is 6.24. The summed E-state index contributed by atoms with van der Waals surface area (Å²) in [7, 11) is 0. The maximum Gasteiger partial charge on any atom is 0.238 e. The molecule has 5 aromatic heterocycles. The first-order valence-electron chi connectivity index (χ1n) is 18.6. The topological polar surface area (TPSA) is 74.3 Å². The van der Waals surface area contributed by atoms with Gasteiger partial charge in [0.05, 0.1) is 21.9 Å². The van der Waals surface area contributed by atoms with E-state index in [1.807, 2.05) is 42.7 Å². The highest BCUT2D eigenvalue weighted by Crippen LogP contribution is 2.41. The fraction of sp³-hybridized carbons (Fsp3) is 0. The van der Waals surface area contributed by atoms with Crippen LogP contribution in [-0.4, -0.2) is 34.1 Å². The summed E-state index contributed by atoms with van der Waals surface area (Å²) in [6, 6.07) is 60.5. The Balaban J connectivity index is 1.23. The third-order valence-corrected chi connectivity index (χ3v) is 10.5. The summed E-state index contributed by atoms with van der Waals surface area (Å²) in [5.74, 6) is 2.49. The van der Waals surface area contributed by atoms with Gasteiger partial charge in [-0.2, -0.15) is 9.97 Å². The van der Waals surface area contributed by atoms with Gasteiger partial charge < -0.3 is 0 Å². The zero-order valence-corrected chi connectivity index (χ0v) is 30.0. The number of pyridine rings is 2. The van der Waals surface area contributed by atoms with E-state index in [4.69, 9.17) is 24.9 Å². The van der Waals surface area contributed by atoms with Crippen LogP contribution in [0.3, 0.4) is 0 Å². The minimum atomic E-state index is 0.522. The number of aromatic nitrogens is 7. The van der Waals surface area contributed by atoms with Crippen molar-refractivity contribution in [2.45, 2.75) is 0 Å². The third-order valence-electron chi connectivity index (χ3n) is 10.5. The quantitative estimate of drug-likeness (QED) is 0.171. The number of hydrogen-bond acceptors (Lipinski definition) is 5. The standard InChI is InChI=1S/C49H31N7/c1-3-15-32(16-4-1)34-19-13-21-36(29-34)46-52-47(37-22-14-20-35(30-37)33-17-5-2-6-18-33)54-49(53-46)56-41-25-9-7-23-38(41)40-31-51-48-44(45(40)56)39-24-8-10-26-42(39)55(48)43-27-11-12-28-50-43/h1-31H. The molecule has 262 valence electrons. The Morgan fingerprint density at radius 2 is 0.911 bits per heavy atom. The lowest BCUT2D eigenvalue weighted by molar-refractivity contribution is 0.955. The predicted molar refractivity (Wildman–Crippen MR) is 226 cm³/mol. The van der Waals surface area contributed by atoms with Crippen LogP contribution in [0.15, 0.2) is 188 Å². The molecule has 11 rings (SSSR count). The summed E-state index contributed by atoms with van der Waals surface area (Å²) in [5.41, 5.74) is 10.0. The molecule has 0 aliphatic rings. The minimum Gasteiger partial charge on any atom is -0.278 e. The van der Waals surface area contributed by atoms with Gasteiger partial charge in [-0.15, -0.1) is 0 Å². The smallest absolute Gasteiger partial charge is 0.238 e. The van der Waals surface area contributed by atoms with E-state index in [9.17, 15) is 0 Å². The van der Waals surface area contributed by atoms with Crippen LogP contribution in [0.1, 0.15) is 0 Å². The summed E-state index contributed by atoms with van der Waals surface area (Å²) in [6.07, 6.45) is 3.80. The molecule has 6 aromatic carbocycles. The second-order valence-corrected chi connectivity index (χ2v) is 13.8. The zero-order chi connectivity index (χ0) is 37.0. The van der Waals surface area contributed by atoms with Crippen molar-refractivity contribution in [1.82, 2.24) is 34.1 Å². The zero-order valence-electron chi connectivity index (χ0n) is 30.0. The molecule has 0 amide bonds. The van der Waals surface area contributed by atoms with Crippen molar-refractivity contribution in [1.29, 1.82) is 0 Å². The van der Waals surface area contributed by atoms with Gasteiger partial charge in [-0.3, -0.25) is 9.13 Å². The molecule has 0 spiro atoms. The Hall–Kier alpha value is -7.77. The van der Waals surface area contributed by atoms with E-state index in [0.717, 1.165) is 82.9 Å². The van der Waals surface area contributed by atoms with Crippen molar-refractivity contribution >= 4 is 43.7 Å². The molecule has 0 unspecified atom stereocenters. The second-order valence-electron chi connectivity index (χ2n) is 13.8. The van der Waals surface area contributed by atoms with Crippen LogP contribution in [0.2, 0.25) is 0 Å². The Morgan fingerprint density at radius 3 is 1.54 bits per heavy atom.